The van der Waals surface area contributed by atoms with Crippen LogP contribution in [0.2, 0.25) is 0 Å². The van der Waals surface area contributed by atoms with E-state index in [-0.39, 0.29) is 17.9 Å². The normalized spacial score (nSPS) is 22.4. The summed E-state index contributed by atoms with van der Waals surface area (Å²) in [6.07, 6.45) is 0. The summed E-state index contributed by atoms with van der Waals surface area (Å²) >= 11 is 0. The van der Waals surface area contributed by atoms with Gasteiger partial charge in [0.2, 0.25) is 5.91 Å². The van der Waals surface area contributed by atoms with Crippen molar-refractivity contribution in [2.45, 2.75) is 26.4 Å². The van der Waals surface area contributed by atoms with Crippen LogP contribution in [-0.4, -0.2) is 36.7 Å². The summed E-state index contributed by atoms with van der Waals surface area (Å²) in [7, 11) is 0. The zero-order chi connectivity index (χ0) is 13.7. The Labute approximate surface area is 113 Å². The first-order chi connectivity index (χ1) is 9.20. The number of pyridine rings is 1. The Morgan fingerprint density at radius 1 is 1.47 bits per heavy atom. The molecule has 0 spiro atoms. The van der Waals surface area contributed by atoms with E-state index in [4.69, 9.17) is 4.74 Å². The zero-order valence-electron chi connectivity index (χ0n) is 11.5. The maximum absolute atomic E-state index is 12.1. The van der Waals surface area contributed by atoms with Gasteiger partial charge in [0.05, 0.1) is 31.4 Å². The third kappa shape index (κ3) is 3.75. The summed E-state index contributed by atoms with van der Waals surface area (Å²) in [6.45, 7) is 6.38. The lowest BCUT2D eigenvalue weighted by Gasteiger charge is -2.17. The van der Waals surface area contributed by atoms with E-state index in [1.54, 1.807) is 0 Å². The molecule has 1 saturated heterocycles. The first-order valence-corrected chi connectivity index (χ1v) is 6.72. The molecule has 2 atom stereocenters. The van der Waals surface area contributed by atoms with Crippen molar-refractivity contribution in [3.8, 4) is 0 Å². The molecule has 2 heterocycles. The van der Waals surface area contributed by atoms with Crippen LogP contribution in [0, 0.1) is 12.8 Å². The highest BCUT2D eigenvalue weighted by Crippen LogP contribution is 2.14. The highest BCUT2D eigenvalue weighted by atomic mass is 16.5. The topological polar surface area (TPSA) is 63.2 Å². The molecule has 104 valence electrons. The van der Waals surface area contributed by atoms with E-state index in [0.29, 0.717) is 19.8 Å². The predicted molar refractivity (Wildman–Crippen MR) is 72.6 cm³/mol. The van der Waals surface area contributed by atoms with E-state index in [9.17, 15) is 4.79 Å². The maximum Gasteiger partial charge on any atom is 0.227 e. The second kappa shape index (κ2) is 6.63. The van der Waals surface area contributed by atoms with E-state index < -0.39 is 0 Å². The van der Waals surface area contributed by atoms with Crippen LogP contribution in [0.15, 0.2) is 18.2 Å². The molecule has 2 rings (SSSR count). The van der Waals surface area contributed by atoms with Gasteiger partial charge in [-0.2, -0.15) is 0 Å². The first kappa shape index (κ1) is 14.0. The first-order valence-electron chi connectivity index (χ1n) is 6.72. The van der Waals surface area contributed by atoms with Gasteiger partial charge in [0, 0.05) is 11.7 Å². The van der Waals surface area contributed by atoms with Crippen LogP contribution in [0.25, 0.3) is 0 Å². The molecule has 1 aliphatic rings. The number of aromatic nitrogens is 1. The van der Waals surface area contributed by atoms with Crippen LogP contribution < -0.4 is 10.6 Å². The van der Waals surface area contributed by atoms with Crippen molar-refractivity contribution in [3.63, 3.8) is 0 Å². The van der Waals surface area contributed by atoms with Crippen molar-refractivity contribution in [1.29, 1.82) is 0 Å². The molecule has 5 heteroatoms. The average molecular weight is 263 g/mol. The van der Waals surface area contributed by atoms with Crippen molar-refractivity contribution >= 4 is 5.91 Å². The molecular formula is C14H21N3O2. The van der Waals surface area contributed by atoms with E-state index in [1.165, 1.54) is 0 Å². The molecule has 1 fully saturated rings. The summed E-state index contributed by atoms with van der Waals surface area (Å²) in [4.78, 5) is 16.5. The van der Waals surface area contributed by atoms with Gasteiger partial charge in [-0.1, -0.05) is 13.0 Å². The molecule has 0 aliphatic carbocycles. The van der Waals surface area contributed by atoms with Gasteiger partial charge >= 0.3 is 0 Å². The number of hydrogen-bond donors (Lipinski definition) is 2. The highest BCUT2D eigenvalue weighted by Gasteiger charge is 2.33. The summed E-state index contributed by atoms with van der Waals surface area (Å²) in [6, 6.07) is 5.93. The predicted octanol–water partition coefficient (Wildman–Crippen LogP) is 0.631. The lowest BCUT2D eigenvalue weighted by molar-refractivity contribution is -0.125. The molecule has 1 amide bonds. The Hall–Kier alpha value is -1.46. The minimum absolute atomic E-state index is 0.0340. The second-order valence-corrected chi connectivity index (χ2v) is 4.80. The molecule has 1 aromatic heterocycles. The number of likely N-dealkylation sites (N-methyl/N-ethyl adjacent to an activating group) is 1. The number of rotatable bonds is 5. The number of nitrogens with one attached hydrogen (secondary N) is 2. The van der Waals surface area contributed by atoms with Gasteiger partial charge in [-0.25, -0.2) is 0 Å². The Balaban J connectivity index is 1.87. The molecule has 5 nitrogen and oxygen atoms in total. The lowest BCUT2D eigenvalue weighted by Crippen LogP contribution is -2.43. The van der Waals surface area contributed by atoms with Crippen LogP contribution in [-0.2, 0) is 16.1 Å². The molecule has 0 radical (unpaired) electrons. The molecule has 2 N–H and O–H groups in total. The molecule has 0 aromatic carbocycles. The van der Waals surface area contributed by atoms with Gasteiger partial charge in [-0.15, -0.1) is 0 Å². The van der Waals surface area contributed by atoms with Crippen LogP contribution in [0.5, 0.6) is 0 Å². The van der Waals surface area contributed by atoms with Crippen LogP contribution in [0.3, 0.4) is 0 Å². The Kier molecular flexibility index (Phi) is 4.87. The SMILES string of the molecule is CCNC1COCC1C(=O)NCc1cccc(C)n1. The smallest absolute Gasteiger partial charge is 0.227 e. The molecule has 1 aliphatic heterocycles. The van der Waals surface area contributed by atoms with Gasteiger partial charge in [0.1, 0.15) is 0 Å². The summed E-state index contributed by atoms with van der Waals surface area (Å²) in [5.41, 5.74) is 1.84. The average Bonchev–Trinajstić information content (AvgIpc) is 2.85. The van der Waals surface area contributed by atoms with Gasteiger partial charge in [-0.3, -0.25) is 9.78 Å². The van der Waals surface area contributed by atoms with Gasteiger partial charge in [0.25, 0.3) is 0 Å². The van der Waals surface area contributed by atoms with Crippen molar-refractivity contribution in [1.82, 2.24) is 15.6 Å². The number of amides is 1. The third-order valence-electron chi connectivity index (χ3n) is 3.27. The number of hydrogen-bond acceptors (Lipinski definition) is 4. The minimum Gasteiger partial charge on any atom is -0.379 e. The second-order valence-electron chi connectivity index (χ2n) is 4.80. The maximum atomic E-state index is 12.1. The zero-order valence-corrected chi connectivity index (χ0v) is 11.5. The summed E-state index contributed by atoms with van der Waals surface area (Å²) < 4.78 is 5.38. The number of nitrogens with zero attached hydrogens (tertiary/aromatic N) is 1. The number of carbonyl (C=O) groups excluding carboxylic acids is 1. The number of ether oxygens (including phenoxy) is 1. The van der Waals surface area contributed by atoms with Crippen molar-refractivity contribution in [2.75, 3.05) is 19.8 Å². The minimum atomic E-state index is -0.107. The van der Waals surface area contributed by atoms with Crippen molar-refractivity contribution < 1.29 is 9.53 Å². The molecule has 19 heavy (non-hydrogen) atoms. The Morgan fingerprint density at radius 3 is 3.05 bits per heavy atom. The van der Waals surface area contributed by atoms with Crippen molar-refractivity contribution in [3.05, 3.63) is 29.6 Å². The van der Waals surface area contributed by atoms with Crippen LogP contribution in [0.4, 0.5) is 0 Å². The van der Waals surface area contributed by atoms with Gasteiger partial charge in [-0.05, 0) is 25.6 Å². The fraction of sp³-hybridized carbons (Fsp3) is 0.571. The standard InChI is InChI=1S/C14H21N3O2/c1-3-15-13-9-19-8-12(13)14(18)16-7-11-6-4-5-10(2)17-11/h4-6,12-13,15H,3,7-9H2,1-2H3,(H,16,18). The quantitative estimate of drug-likeness (QED) is 0.818. The molecule has 2 unspecified atom stereocenters. The molecule has 1 aromatic rings. The largest absolute Gasteiger partial charge is 0.379 e. The lowest BCUT2D eigenvalue weighted by atomic mass is 10.0. The van der Waals surface area contributed by atoms with E-state index >= 15 is 0 Å². The fourth-order valence-electron chi connectivity index (χ4n) is 2.28. The molecule has 0 bridgehead atoms. The summed E-state index contributed by atoms with van der Waals surface area (Å²) in [5, 5.41) is 6.22. The third-order valence-corrected chi connectivity index (χ3v) is 3.27. The molecule has 0 saturated carbocycles. The Bertz CT molecular complexity index is 436. The van der Waals surface area contributed by atoms with Gasteiger partial charge < -0.3 is 15.4 Å². The van der Waals surface area contributed by atoms with Crippen LogP contribution in [0.1, 0.15) is 18.3 Å². The fourth-order valence-corrected chi connectivity index (χ4v) is 2.28. The number of carbonyl (C=O) groups is 1. The summed E-state index contributed by atoms with van der Waals surface area (Å²) in [5.74, 6) is -0.0727. The van der Waals surface area contributed by atoms with E-state index in [1.807, 2.05) is 32.0 Å². The Morgan fingerprint density at radius 2 is 2.32 bits per heavy atom. The van der Waals surface area contributed by atoms with E-state index in [2.05, 4.69) is 15.6 Å². The monoisotopic (exact) mass is 263 g/mol. The van der Waals surface area contributed by atoms with Crippen molar-refractivity contribution in [2.24, 2.45) is 5.92 Å². The van der Waals surface area contributed by atoms with Gasteiger partial charge in [0.15, 0.2) is 0 Å². The number of aryl methyl sites for hydroxylation is 1. The van der Waals surface area contributed by atoms with Crippen LogP contribution >= 0.6 is 0 Å². The highest BCUT2D eigenvalue weighted by molar-refractivity contribution is 5.79. The van der Waals surface area contributed by atoms with E-state index in [0.717, 1.165) is 17.9 Å². The molecular weight excluding hydrogens is 242 g/mol.